The number of nitrogens with zero attached hydrogens (tertiary/aromatic N) is 1. The fourth-order valence-corrected chi connectivity index (χ4v) is 2.78. The molecule has 0 aliphatic rings. The molecule has 2 rings (SSSR count). The van der Waals surface area contributed by atoms with Crippen molar-refractivity contribution in [1.29, 1.82) is 0 Å². The van der Waals surface area contributed by atoms with E-state index in [9.17, 15) is 0 Å². The van der Waals surface area contributed by atoms with Crippen molar-refractivity contribution >= 4 is 27.3 Å². The average molecular weight is 325 g/mol. The molecule has 1 atom stereocenters. The van der Waals surface area contributed by atoms with E-state index in [0.29, 0.717) is 6.04 Å². The molecule has 0 aromatic carbocycles. The van der Waals surface area contributed by atoms with Crippen molar-refractivity contribution in [3.8, 4) is 0 Å². The van der Waals surface area contributed by atoms with Crippen molar-refractivity contribution in [1.82, 2.24) is 10.3 Å². The zero-order valence-electron chi connectivity index (χ0n) is 10.4. The van der Waals surface area contributed by atoms with Gasteiger partial charge >= 0.3 is 0 Å². The predicted octanol–water partition coefficient (Wildman–Crippen LogP) is 4.19. The van der Waals surface area contributed by atoms with E-state index in [1.165, 1.54) is 5.56 Å². The summed E-state index contributed by atoms with van der Waals surface area (Å²) in [5, 5.41) is 7.93. The molecule has 0 radical (unpaired) electrons. The van der Waals surface area contributed by atoms with Crippen LogP contribution in [0.2, 0.25) is 0 Å². The highest BCUT2D eigenvalue weighted by Gasteiger charge is 2.12. The molecule has 0 saturated heterocycles. The number of thiophene rings is 1. The van der Waals surface area contributed by atoms with Crippen LogP contribution < -0.4 is 5.32 Å². The standard InChI is InChI=1S/C14H17BrN2S/c1-2-6-16-14(11-5-7-18-10-11)8-13-4-3-12(15)9-17-13/h3-5,7,9-10,14,16H,2,6,8H2,1H3. The highest BCUT2D eigenvalue weighted by Crippen LogP contribution is 2.20. The van der Waals surface area contributed by atoms with E-state index in [-0.39, 0.29) is 0 Å². The second kappa shape index (κ2) is 7.02. The second-order valence-electron chi connectivity index (χ2n) is 4.24. The van der Waals surface area contributed by atoms with Gasteiger partial charge in [0.05, 0.1) is 0 Å². The lowest BCUT2D eigenvalue weighted by Gasteiger charge is -2.17. The molecule has 0 fully saturated rings. The highest BCUT2D eigenvalue weighted by molar-refractivity contribution is 9.10. The van der Waals surface area contributed by atoms with Gasteiger partial charge in [-0.1, -0.05) is 6.92 Å². The summed E-state index contributed by atoms with van der Waals surface area (Å²) in [6.07, 6.45) is 3.94. The number of nitrogens with one attached hydrogen (secondary N) is 1. The molecule has 2 aromatic heterocycles. The number of hydrogen-bond donors (Lipinski definition) is 1. The molecule has 1 N–H and O–H groups in total. The van der Waals surface area contributed by atoms with Crippen molar-refractivity contribution in [2.75, 3.05) is 6.54 Å². The van der Waals surface area contributed by atoms with Crippen LogP contribution in [0.1, 0.15) is 30.6 Å². The molecule has 2 heterocycles. The van der Waals surface area contributed by atoms with Crippen LogP contribution in [0.25, 0.3) is 0 Å². The second-order valence-corrected chi connectivity index (χ2v) is 5.93. The van der Waals surface area contributed by atoms with Crippen LogP contribution >= 0.6 is 27.3 Å². The van der Waals surface area contributed by atoms with Gasteiger partial charge < -0.3 is 5.32 Å². The van der Waals surface area contributed by atoms with Crippen molar-refractivity contribution in [2.45, 2.75) is 25.8 Å². The van der Waals surface area contributed by atoms with Crippen LogP contribution in [0, 0.1) is 0 Å². The summed E-state index contributed by atoms with van der Waals surface area (Å²) in [6, 6.07) is 6.69. The molecular weight excluding hydrogens is 308 g/mol. The van der Waals surface area contributed by atoms with E-state index in [0.717, 1.165) is 29.6 Å². The molecule has 18 heavy (non-hydrogen) atoms. The minimum Gasteiger partial charge on any atom is -0.310 e. The van der Waals surface area contributed by atoms with Gasteiger partial charge in [0, 0.05) is 28.8 Å². The average Bonchev–Trinajstić information content (AvgIpc) is 2.90. The Morgan fingerprint density at radius 1 is 1.39 bits per heavy atom. The summed E-state index contributed by atoms with van der Waals surface area (Å²) in [5.74, 6) is 0. The minimum absolute atomic E-state index is 0.366. The number of hydrogen-bond acceptors (Lipinski definition) is 3. The lowest BCUT2D eigenvalue weighted by Crippen LogP contribution is -2.24. The van der Waals surface area contributed by atoms with Gasteiger partial charge in [0.15, 0.2) is 0 Å². The summed E-state index contributed by atoms with van der Waals surface area (Å²) in [5.41, 5.74) is 2.48. The molecule has 0 spiro atoms. The van der Waals surface area contributed by atoms with Crippen molar-refractivity contribution in [3.63, 3.8) is 0 Å². The Morgan fingerprint density at radius 2 is 2.28 bits per heavy atom. The molecule has 2 nitrogen and oxygen atoms in total. The maximum atomic E-state index is 4.45. The molecule has 0 aliphatic heterocycles. The van der Waals surface area contributed by atoms with E-state index in [2.05, 4.69) is 56.0 Å². The van der Waals surface area contributed by atoms with Crippen LogP contribution in [-0.4, -0.2) is 11.5 Å². The molecule has 0 saturated carbocycles. The van der Waals surface area contributed by atoms with Gasteiger partial charge in [0.1, 0.15) is 0 Å². The lowest BCUT2D eigenvalue weighted by molar-refractivity contribution is 0.525. The molecule has 4 heteroatoms. The minimum atomic E-state index is 0.366. The summed E-state index contributed by atoms with van der Waals surface area (Å²) < 4.78 is 1.03. The quantitative estimate of drug-likeness (QED) is 0.861. The smallest absolute Gasteiger partial charge is 0.0423 e. The van der Waals surface area contributed by atoms with Gasteiger partial charge in [-0.05, 0) is 63.4 Å². The zero-order chi connectivity index (χ0) is 12.8. The maximum Gasteiger partial charge on any atom is 0.0423 e. The first-order valence-corrected chi connectivity index (χ1v) is 7.89. The largest absolute Gasteiger partial charge is 0.310 e. The van der Waals surface area contributed by atoms with Gasteiger partial charge in [0.2, 0.25) is 0 Å². The lowest BCUT2D eigenvalue weighted by atomic mass is 10.0. The third kappa shape index (κ3) is 3.90. The fraction of sp³-hybridized carbons (Fsp3) is 0.357. The third-order valence-electron chi connectivity index (χ3n) is 2.79. The Morgan fingerprint density at radius 3 is 2.89 bits per heavy atom. The summed E-state index contributed by atoms with van der Waals surface area (Å²) in [7, 11) is 0. The topological polar surface area (TPSA) is 24.9 Å². The maximum absolute atomic E-state index is 4.45. The monoisotopic (exact) mass is 324 g/mol. The summed E-state index contributed by atoms with van der Waals surface area (Å²) >= 11 is 5.16. The number of rotatable bonds is 6. The number of pyridine rings is 1. The Labute approximate surface area is 121 Å². The van der Waals surface area contributed by atoms with Gasteiger partial charge in [-0.15, -0.1) is 0 Å². The fourth-order valence-electron chi connectivity index (χ4n) is 1.84. The van der Waals surface area contributed by atoms with Crippen molar-refractivity contribution in [3.05, 3.63) is 50.9 Å². The van der Waals surface area contributed by atoms with Crippen LogP contribution in [0.3, 0.4) is 0 Å². The molecule has 2 aromatic rings. The SMILES string of the molecule is CCCNC(Cc1ccc(Br)cn1)c1ccsc1. The van der Waals surface area contributed by atoms with Crippen molar-refractivity contribution < 1.29 is 0 Å². The molecule has 1 unspecified atom stereocenters. The van der Waals surface area contributed by atoms with Crippen LogP contribution in [0.5, 0.6) is 0 Å². The first-order chi connectivity index (χ1) is 8.79. The molecule has 0 bridgehead atoms. The third-order valence-corrected chi connectivity index (χ3v) is 3.96. The van der Waals surface area contributed by atoms with E-state index in [1.54, 1.807) is 11.3 Å². The van der Waals surface area contributed by atoms with Gasteiger partial charge in [-0.25, -0.2) is 0 Å². The van der Waals surface area contributed by atoms with Crippen LogP contribution in [0.15, 0.2) is 39.6 Å². The first-order valence-electron chi connectivity index (χ1n) is 6.15. The number of aromatic nitrogens is 1. The van der Waals surface area contributed by atoms with Crippen LogP contribution in [0.4, 0.5) is 0 Å². The normalized spacial score (nSPS) is 12.6. The molecule has 0 aliphatic carbocycles. The van der Waals surface area contributed by atoms with Gasteiger partial charge in [0.25, 0.3) is 0 Å². The van der Waals surface area contributed by atoms with E-state index >= 15 is 0 Å². The molecule has 96 valence electrons. The van der Waals surface area contributed by atoms with E-state index in [1.807, 2.05) is 12.3 Å². The Bertz CT molecular complexity index is 453. The van der Waals surface area contributed by atoms with E-state index in [4.69, 9.17) is 0 Å². The number of halogens is 1. The Kier molecular flexibility index (Phi) is 5.35. The predicted molar refractivity (Wildman–Crippen MR) is 81.0 cm³/mol. The Hall–Kier alpha value is -0.710. The van der Waals surface area contributed by atoms with Gasteiger partial charge in [-0.3, -0.25) is 4.98 Å². The van der Waals surface area contributed by atoms with E-state index < -0.39 is 0 Å². The zero-order valence-corrected chi connectivity index (χ0v) is 12.8. The Balaban J connectivity index is 2.07. The molecule has 0 amide bonds. The summed E-state index contributed by atoms with van der Waals surface area (Å²) in [6.45, 7) is 3.23. The highest BCUT2D eigenvalue weighted by atomic mass is 79.9. The van der Waals surface area contributed by atoms with Crippen LogP contribution in [-0.2, 0) is 6.42 Å². The summed E-state index contributed by atoms with van der Waals surface area (Å²) in [4.78, 5) is 4.45. The van der Waals surface area contributed by atoms with Gasteiger partial charge in [-0.2, -0.15) is 11.3 Å². The molecular formula is C14H17BrN2S. The first kappa shape index (κ1) is 13.7. The van der Waals surface area contributed by atoms with Crippen molar-refractivity contribution in [2.24, 2.45) is 0 Å².